The van der Waals surface area contributed by atoms with Crippen molar-refractivity contribution in [3.05, 3.63) is 38.0 Å². The summed E-state index contributed by atoms with van der Waals surface area (Å²) in [7, 11) is 1.79. The monoisotopic (exact) mass is 450 g/mol. The van der Waals surface area contributed by atoms with Crippen LogP contribution in [0.1, 0.15) is 40.2 Å². The van der Waals surface area contributed by atoms with E-state index in [0.717, 1.165) is 18.2 Å². The molecule has 0 radical (unpaired) electrons. The molecule has 0 atom stereocenters. The number of rotatable bonds is 5. The topological polar surface area (TPSA) is 49.3 Å². The normalized spacial score (nSPS) is 11.4. The molecule has 4 nitrogen and oxygen atoms in total. The Bertz CT molecular complexity index is 604. The average molecular weight is 450 g/mol. The maximum Gasteiger partial charge on any atom is 0.191 e. The molecule has 2 heterocycles. The summed E-state index contributed by atoms with van der Waals surface area (Å²) in [4.78, 5) is 11.5. The Hall–Kier alpha value is -0.670. The van der Waals surface area contributed by atoms with Gasteiger partial charge in [-0.25, -0.2) is 4.98 Å². The van der Waals surface area contributed by atoms with Crippen molar-refractivity contribution in [3.8, 4) is 0 Å². The second-order valence-corrected chi connectivity index (χ2v) is 7.39. The quantitative estimate of drug-likeness (QED) is 0.410. The summed E-state index contributed by atoms with van der Waals surface area (Å²) in [6.07, 6.45) is 0. The average Bonchev–Trinajstić information content (AvgIpc) is 3.08. The van der Waals surface area contributed by atoms with Crippen LogP contribution in [0.4, 0.5) is 0 Å². The minimum Gasteiger partial charge on any atom is -0.352 e. The number of aryl methyl sites for hydroxylation is 1. The van der Waals surface area contributed by atoms with Gasteiger partial charge in [-0.3, -0.25) is 4.99 Å². The highest BCUT2D eigenvalue weighted by molar-refractivity contribution is 14.0. The Kier molecular flexibility index (Phi) is 8.34. The first-order valence-corrected chi connectivity index (χ1v) is 8.72. The van der Waals surface area contributed by atoms with Crippen molar-refractivity contribution in [2.45, 2.75) is 39.8 Å². The third-order valence-corrected chi connectivity index (χ3v) is 5.14. The van der Waals surface area contributed by atoms with Gasteiger partial charge < -0.3 is 10.6 Å². The lowest BCUT2D eigenvalue weighted by Gasteiger charge is -2.10. The summed E-state index contributed by atoms with van der Waals surface area (Å²) in [6.45, 7) is 7.95. The number of aliphatic imine (C=N–C) groups is 1. The first kappa shape index (κ1) is 19.4. The van der Waals surface area contributed by atoms with Gasteiger partial charge in [0.15, 0.2) is 5.96 Å². The van der Waals surface area contributed by atoms with E-state index in [2.05, 4.69) is 58.9 Å². The summed E-state index contributed by atoms with van der Waals surface area (Å²) in [5.74, 6) is 1.29. The van der Waals surface area contributed by atoms with Crippen molar-refractivity contribution in [3.63, 3.8) is 0 Å². The number of thiophene rings is 1. The summed E-state index contributed by atoms with van der Waals surface area (Å²) < 4.78 is 0. The van der Waals surface area contributed by atoms with Crippen LogP contribution < -0.4 is 10.6 Å². The van der Waals surface area contributed by atoms with Crippen LogP contribution >= 0.6 is 46.7 Å². The zero-order valence-electron chi connectivity index (χ0n) is 13.3. The fourth-order valence-corrected chi connectivity index (χ4v) is 3.48. The van der Waals surface area contributed by atoms with Crippen LogP contribution in [0.3, 0.4) is 0 Å². The Morgan fingerprint density at radius 3 is 2.55 bits per heavy atom. The van der Waals surface area contributed by atoms with Crippen LogP contribution in [0.5, 0.6) is 0 Å². The van der Waals surface area contributed by atoms with E-state index in [1.54, 1.807) is 29.7 Å². The van der Waals surface area contributed by atoms with Crippen molar-refractivity contribution in [2.75, 3.05) is 7.05 Å². The molecule has 22 heavy (non-hydrogen) atoms. The van der Waals surface area contributed by atoms with Crippen molar-refractivity contribution >= 4 is 52.6 Å². The number of aromatic nitrogens is 1. The van der Waals surface area contributed by atoms with Gasteiger partial charge in [-0.05, 0) is 19.1 Å². The summed E-state index contributed by atoms with van der Waals surface area (Å²) in [5, 5.41) is 9.92. The Labute approximate surface area is 157 Å². The molecule has 0 saturated heterocycles. The number of thiazole rings is 1. The molecule has 2 N–H and O–H groups in total. The summed E-state index contributed by atoms with van der Waals surface area (Å²) in [6, 6.07) is 4.29. The van der Waals surface area contributed by atoms with E-state index in [-0.39, 0.29) is 24.0 Å². The SMILES string of the molecule is CN=C(NCc1csc(C(C)C)n1)NCc1ccc(C)s1.I. The lowest BCUT2D eigenvalue weighted by Crippen LogP contribution is -2.36. The molecule has 2 aromatic rings. The van der Waals surface area contributed by atoms with Crippen molar-refractivity contribution < 1.29 is 0 Å². The molecular formula is C15H23IN4S2. The highest BCUT2D eigenvalue weighted by Gasteiger charge is 2.06. The minimum atomic E-state index is 0. The first-order valence-electron chi connectivity index (χ1n) is 7.02. The molecule has 0 saturated carbocycles. The highest BCUT2D eigenvalue weighted by atomic mass is 127. The van der Waals surface area contributed by atoms with E-state index in [4.69, 9.17) is 0 Å². The highest BCUT2D eigenvalue weighted by Crippen LogP contribution is 2.19. The molecule has 0 amide bonds. The molecular weight excluding hydrogens is 427 g/mol. The number of hydrogen-bond donors (Lipinski definition) is 2. The number of nitrogens with one attached hydrogen (secondary N) is 2. The zero-order chi connectivity index (χ0) is 15.2. The molecule has 7 heteroatoms. The third kappa shape index (κ3) is 5.85. The molecule has 0 aromatic carbocycles. The Morgan fingerprint density at radius 2 is 2.00 bits per heavy atom. The van der Waals surface area contributed by atoms with E-state index in [0.29, 0.717) is 12.5 Å². The predicted octanol–water partition coefficient (Wildman–Crippen LogP) is 4.12. The fourth-order valence-electron chi connectivity index (χ4n) is 1.81. The molecule has 2 aromatic heterocycles. The van der Waals surface area contributed by atoms with Crippen molar-refractivity contribution in [1.82, 2.24) is 15.6 Å². The molecule has 0 bridgehead atoms. The molecule has 0 unspecified atom stereocenters. The van der Waals surface area contributed by atoms with Crippen LogP contribution in [0.2, 0.25) is 0 Å². The van der Waals surface area contributed by atoms with Gasteiger partial charge in [-0.1, -0.05) is 13.8 Å². The molecule has 0 aliphatic rings. The third-order valence-electron chi connectivity index (χ3n) is 2.95. The molecule has 0 aliphatic carbocycles. The lowest BCUT2D eigenvalue weighted by molar-refractivity contribution is 0.787. The maximum atomic E-state index is 4.61. The Balaban J connectivity index is 0.00000242. The van der Waals surface area contributed by atoms with E-state index < -0.39 is 0 Å². The van der Waals surface area contributed by atoms with Crippen LogP contribution in [0, 0.1) is 6.92 Å². The van der Waals surface area contributed by atoms with Gasteiger partial charge in [0.2, 0.25) is 0 Å². The smallest absolute Gasteiger partial charge is 0.191 e. The lowest BCUT2D eigenvalue weighted by atomic mass is 10.2. The largest absolute Gasteiger partial charge is 0.352 e. The summed E-state index contributed by atoms with van der Waals surface area (Å²) >= 11 is 3.53. The van der Waals surface area contributed by atoms with E-state index in [9.17, 15) is 0 Å². The van der Waals surface area contributed by atoms with Gasteiger partial charge in [0.1, 0.15) is 0 Å². The van der Waals surface area contributed by atoms with Gasteiger partial charge in [0.25, 0.3) is 0 Å². The van der Waals surface area contributed by atoms with Crippen LogP contribution in [-0.4, -0.2) is 18.0 Å². The number of guanidine groups is 1. The molecule has 0 aliphatic heterocycles. The fraction of sp³-hybridized carbons (Fsp3) is 0.467. The van der Waals surface area contributed by atoms with Crippen molar-refractivity contribution in [2.24, 2.45) is 4.99 Å². The van der Waals surface area contributed by atoms with E-state index in [1.807, 2.05) is 0 Å². The van der Waals surface area contributed by atoms with Gasteiger partial charge in [-0.2, -0.15) is 0 Å². The molecule has 0 spiro atoms. The van der Waals surface area contributed by atoms with Crippen LogP contribution in [0.15, 0.2) is 22.5 Å². The number of halogens is 1. The van der Waals surface area contributed by atoms with Gasteiger partial charge >= 0.3 is 0 Å². The van der Waals surface area contributed by atoms with Gasteiger partial charge in [0.05, 0.1) is 23.8 Å². The van der Waals surface area contributed by atoms with Crippen molar-refractivity contribution in [1.29, 1.82) is 0 Å². The molecule has 122 valence electrons. The van der Waals surface area contributed by atoms with Crippen LogP contribution in [-0.2, 0) is 13.1 Å². The molecule has 0 fully saturated rings. The van der Waals surface area contributed by atoms with E-state index in [1.165, 1.54) is 14.8 Å². The number of nitrogens with zero attached hydrogens (tertiary/aromatic N) is 2. The minimum absolute atomic E-state index is 0. The summed E-state index contributed by atoms with van der Waals surface area (Å²) in [5.41, 5.74) is 1.07. The molecule has 2 rings (SSSR count). The van der Waals surface area contributed by atoms with Gasteiger partial charge in [0, 0.05) is 28.1 Å². The maximum absolute atomic E-state index is 4.61. The van der Waals surface area contributed by atoms with E-state index >= 15 is 0 Å². The number of hydrogen-bond acceptors (Lipinski definition) is 4. The Morgan fingerprint density at radius 1 is 1.27 bits per heavy atom. The first-order chi connectivity index (χ1) is 10.1. The second kappa shape index (κ2) is 9.46. The second-order valence-electron chi connectivity index (χ2n) is 5.12. The van der Waals surface area contributed by atoms with Gasteiger partial charge in [-0.15, -0.1) is 46.7 Å². The predicted molar refractivity (Wildman–Crippen MR) is 108 cm³/mol. The standard InChI is InChI=1S/C15H22N4S2.HI/c1-10(2)14-19-12(9-20-14)7-17-15(16-4)18-8-13-6-5-11(3)21-13;/h5-6,9-10H,7-8H2,1-4H3,(H2,16,17,18);1H. The zero-order valence-corrected chi connectivity index (χ0v) is 17.3. The van der Waals surface area contributed by atoms with Crippen LogP contribution in [0.25, 0.3) is 0 Å².